The third kappa shape index (κ3) is 13.3. The lowest BCUT2D eigenvalue weighted by atomic mass is 9.88. The van der Waals surface area contributed by atoms with E-state index in [1.54, 1.807) is 6.08 Å². The highest BCUT2D eigenvalue weighted by Gasteiger charge is 2.49. The fourth-order valence-corrected chi connectivity index (χ4v) is 6.39. The van der Waals surface area contributed by atoms with Crippen LogP contribution < -0.4 is 0 Å². The van der Waals surface area contributed by atoms with E-state index >= 15 is 0 Å². The Labute approximate surface area is 306 Å². The maximum absolute atomic E-state index is 12.0. The van der Waals surface area contributed by atoms with E-state index in [1.807, 2.05) is 18.2 Å². The Kier molecular flexibility index (Phi) is 17.9. The molecule has 278 valence electrons. The van der Waals surface area contributed by atoms with Gasteiger partial charge in [0, 0.05) is 26.7 Å². The van der Waals surface area contributed by atoms with E-state index in [0.29, 0.717) is 26.4 Å². The average Bonchev–Trinajstić information content (AvgIpc) is 3.14. The number of hydrogen-bond acceptors (Lipinski definition) is 7. The lowest BCUT2D eigenvalue weighted by Gasteiger charge is -2.46. The molecule has 0 aliphatic carbocycles. The van der Waals surface area contributed by atoms with Crippen molar-refractivity contribution in [2.24, 2.45) is 0 Å². The fraction of sp³-hybridized carbons (Fsp3) is 0.523. The molecule has 0 bridgehead atoms. The maximum atomic E-state index is 12.0. The number of rotatable bonds is 23. The summed E-state index contributed by atoms with van der Waals surface area (Å²) < 4.78 is 38.0. The van der Waals surface area contributed by atoms with Crippen LogP contribution in [-0.4, -0.2) is 63.4 Å². The molecule has 0 aromatic heterocycles. The second-order valence-corrected chi connectivity index (χ2v) is 13.5. The third-order valence-corrected chi connectivity index (χ3v) is 9.35. The van der Waals surface area contributed by atoms with Crippen LogP contribution in [0.3, 0.4) is 0 Å². The second-order valence-electron chi connectivity index (χ2n) is 13.5. The van der Waals surface area contributed by atoms with E-state index in [9.17, 15) is 4.79 Å². The van der Waals surface area contributed by atoms with Gasteiger partial charge in [-0.2, -0.15) is 0 Å². The highest BCUT2D eigenvalue weighted by Crippen LogP contribution is 2.39. The normalized spacial score (nSPS) is 20.3. The van der Waals surface area contributed by atoms with Crippen molar-refractivity contribution in [3.63, 3.8) is 0 Å². The summed E-state index contributed by atoms with van der Waals surface area (Å²) in [6, 6.07) is 25.7. The minimum Gasteiger partial charge on any atom is -0.463 e. The van der Waals surface area contributed by atoms with Crippen molar-refractivity contribution in [3.05, 3.63) is 119 Å². The third-order valence-electron chi connectivity index (χ3n) is 9.35. The van der Waals surface area contributed by atoms with Crippen LogP contribution >= 0.6 is 0 Å². The number of carbonyl (C=O) groups is 1. The molecule has 7 heteroatoms. The lowest BCUT2D eigenvalue weighted by Crippen LogP contribution is -2.58. The molecule has 1 aliphatic heterocycles. The Balaban J connectivity index is 1.61. The summed E-state index contributed by atoms with van der Waals surface area (Å²) in [4.78, 5) is 12.0. The van der Waals surface area contributed by atoms with Gasteiger partial charge < -0.3 is 28.4 Å². The van der Waals surface area contributed by atoms with Crippen molar-refractivity contribution in [2.45, 2.75) is 116 Å². The summed E-state index contributed by atoms with van der Waals surface area (Å²) in [6.07, 6.45) is 7.25. The predicted octanol–water partition coefficient (Wildman–Crippen LogP) is 9.07. The van der Waals surface area contributed by atoms with E-state index < -0.39 is 30.5 Å². The van der Waals surface area contributed by atoms with Crippen molar-refractivity contribution in [1.82, 2.24) is 0 Å². The standard InChI is InChI=1S/C44H60O7/c1-6-9-27-47-42-40(32-49-34(5)45)51-41(43(44(42)48-28-10-7-2)50-31-37-17-12-11-13-18-37)38-24-19-33(4)39(30-38)29-36-22-20-35(21-23-36)16-14-15-26-46-25-8-3/h8,11-13,17-24,30,40-44H,3,6-7,9-10,14-16,25-29,31-32H2,1-2,4-5H3/t40-,41+,42-,43+,44+/m1/s1. The van der Waals surface area contributed by atoms with E-state index in [4.69, 9.17) is 28.4 Å². The Morgan fingerprint density at radius 2 is 1.49 bits per heavy atom. The molecule has 0 N–H and O–H groups in total. The zero-order chi connectivity index (χ0) is 36.3. The van der Waals surface area contributed by atoms with E-state index in [2.05, 4.69) is 81.9 Å². The van der Waals surface area contributed by atoms with Gasteiger partial charge >= 0.3 is 5.97 Å². The van der Waals surface area contributed by atoms with Crippen molar-refractivity contribution in [3.8, 4) is 0 Å². The lowest BCUT2D eigenvalue weighted by molar-refractivity contribution is -0.269. The summed E-state index contributed by atoms with van der Waals surface area (Å²) in [7, 11) is 0. The average molecular weight is 701 g/mol. The largest absolute Gasteiger partial charge is 0.463 e. The molecule has 7 nitrogen and oxygen atoms in total. The quantitative estimate of drug-likeness (QED) is 0.0555. The first kappa shape index (κ1) is 40.4. The maximum Gasteiger partial charge on any atom is 0.302 e. The summed E-state index contributed by atoms with van der Waals surface area (Å²) in [6.45, 7) is 14.6. The Morgan fingerprint density at radius 3 is 2.18 bits per heavy atom. The smallest absolute Gasteiger partial charge is 0.302 e. The van der Waals surface area contributed by atoms with Crippen LogP contribution in [0.1, 0.15) is 98.8 Å². The van der Waals surface area contributed by atoms with Crippen LogP contribution in [0, 0.1) is 6.92 Å². The molecule has 0 radical (unpaired) electrons. The van der Waals surface area contributed by atoms with Gasteiger partial charge in [-0.3, -0.25) is 4.79 Å². The molecule has 0 spiro atoms. The monoisotopic (exact) mass is 700 g/mol. The number of unbranched alkanes of at least 4 members (excludes halogenated alkanes) is 3. The van der Waals surface area contributed by atoms with Crippen LogP contribution in [0.4, 0.5) is 0 Å². The molecule has 3 aromatic carbocycles. The van der Waals surface area contributed by atoms with Gasteiger partial charge in [0.1, 0.15) is 37.1 Å². The van der Waals surface area contributed by atoms with Gasteiger partial charge in [0.2, 0.25) is 0 Å². The minimum atomic E-state index is -0.523. The van der Waals surface area contributed by atoms with Gasteiger partial charge in [-0.05, 0) is 78.8 Å². The molecule has 1 aliphatic rings. The summed E-state index contributed by atoms with van der Waals surface area (Å²) in [5, 5.41) is 0. The molecule has 1 heterocycles. The highest BCUT2D eigenvalue weighted by molar-refractivity contribution is 5.65. The van der Waals surface area contributed by atoms with Crippen molar-refractivity contribution in [2.75, 3.05) is 33.0 Å². The SMILES string of the molecule is C=CCOCCCCc1ccc(Cc2cc([C@@H]3O[C@H](COC(C)=O)[C@@H](OCCCC)[C@H](OCCCC)[C@H]3OCc3ccccc3)ccc2C)cc1. The van der Waals surface area contributed by atoms with Gasteiger partial charge in [-0.15, -0.1) is 6.58 Å². The number of esters is 1. The molecular formula is C44H60O7. The van der Waals surface area contributed by atoms with Gasteiger partial charge in [-0.1, -0.05) is 106 Å². The number of carbonyl (C=O) groups excluding carboxylic acids is 1. The van der Waals surface area contributed by atoms with Crippen molar-refractivity contribution in [1.29, 1.82) is 0 Å². The van der Waals surface area contributed by atoms with Gasteiger partial charge in [0.25, 0.3) is 0 Å². The van der Waals surface area contributed by atoms with Gasteiger partial charge in [0.05, 0.1) is 13.2 Å². The molecule has 1 fully saturated rings. The molecular weight excluding hydrogens is 640 g/mol. The van der Waals surface area contributed by atoms with Crippen LogP contribution in [0.2, 0.25) is 0 Å². The molecule has 4 rings (SSSR count). The Morgan fingerprint density at radius 1 is 0.784 bits per heavy atom. The minimum absolute atomic E-state index is 0.0780. The van der Waals surface area contributed by atoms with Crippen LogP contribution in [-0.2, 0) is 52.7 Å². The number of aryl methyl sites for hydroxylation is 2. The molecule has 0 unspecified atom stereocenters. The van der Waals surface area contributed by atoms with Crippen LogP contribution in [0.25, 0.3) is 0 Å². The Bertz CT molecular complexity index is 1420. The molecule has 0 amide bonds. The molecule has 0 saturated carbocycles. The summed E-state index contributed by atoms with van der Waals surface area (Å²) in [5.74, 6) is -0.352. The van der Waals surface area contributed by atoms with Crippen LogP contribution in [0.15, 0.2) is 85.5 Å². The molecule has 3 aromatic rings. The van der Waals surface area contributed by atoms with E-state index in [0.717, 1.165) is 69.1 Å². The molecule has 1 saturated heterocycles. The summed E-state index contributed by atoms with van der Waals surface area (Å²) in [5.41, 5.74) is 7.12. The topological polar surface area (TPSA) is 72.5 Å². The van der Waals surface area contributed by atoms with Crippen LogP contribution in [0.5, 0.6) is 0 Å². The first-order valence-electron chi connectivity index (χ1n) is 19.0. The first-order valence-corrected chi connectivity index (χ1v) is 19.0. The van der Waals surface area contributed by atoms with Gasteiger partial charge in [0.15, 0.2) is 0 Å². The van der Waals surface area contributed by atoms with Gasteiger partial charge in [-0.25, -0.2) is 0 Å². The fourth-order valence-electron chi connectivity index (χ4n) is 6.39. The molecule has 51 heavy (non-hydrogen) atoms. The van der Waals surface area contributed by atoms with Crippen molar-refractivity contribution < 1.29 is 33.2 Å². The molecule has 5 atom stereocenters. The zero-order valence-corrected chi connectivity index (χ0v) is 31.4. The number of ether oxygens (including phenoxy) is 6. The predicted molar refractivity (Wildman–Crippen MR) is 203 cm³/mol. The second kappa shape index (κ2) is 22.6. The van der Waals surface area contributed by atoms with E-state index in [1.165, 1.54) is 29.2 Å². The highest BCUT2D eigenvalue weighted by atomic mass is 16.6. The first-order chi connectivity index (χ1) is 24.9. The zero-order valence-electron chi connectivity index (χ0n) is 31.4. The van der Waals surface area contributed by atoms with E-state index in [-0.39, 0.29) is 12.6 Å². The summed E-state index contributed by atoms with van der Waals surface area (Å²) >= 11 is 0. The number of benzene rings is 3. The number of hydrogen-bond donors (Lipinski definition) is 0. The van der Waals surface area contributed by atoms with Crippen molar-refractivity contribution >= 4 is 5.97 Å². The Hall–Kier alpha value is -3.33.